The molecule has 1 aliphatic heterocycles. The summed E-state index contributed by atoms with van der Waals surface area (Å²) in [6, 6.07) is 0.362. The fraction of sp³-hybridized carbons (Fsp3) is 0.545. The van der Waals surface area contributed by atoms with Crippen LogP contribution in [0.15, 0.2) is 12.4 Å². The molecule has 6 heteroatoms. The smallest absolute Gasteiger partial charge is 0.189 e. The molecule has 90 valence electrons. The Labute approximate surface area is 103 Å². The first-order valence-electron chi connectivity index (χ1n) is 5.77. The summed E-state index contributed by atoms with van der Waals surface area (Å²) in [5.74, 6) is 0.330. The predicted molar refractivity (Wildman–Crippen MR) is 66.2 cm³/mol. The molecule has 17 heavy (non-hydrogen) atoms. The van der Waals surface area contributed by atoms with Crippen LogP contribution in [0.1, 0.15) is 17.8 Å². The molecule has 0 amide bonds. The van der Waals surface area contributed by atoms with E-state index in [9.17, 15) is 0 Å². The van der Waals surface area contributed by atoms with Gasteiger partial charge in [-0.25, -0.2) is 15.0 Å². The van der Waals surface area contributed by atoms with E-state index in [4.69, 9.17) is 4.74 Å². The number of fused-ring (bicyclic) bond motifs is 1. The number of aromatic nitrogens is 3. The lowest BCUT2D eigenvalue weighted by Crippen LogP contribution is -2.34. The zero-order chi connectivity index (χ0) is 11.7. The van der Waals surface area contributed by atoms with Crippen molar-refractivity contribution in [1.29, 1.82) is 0 Å². The fourth-order valence-electron chi connectivity index (χ4n) is 2.11. The van der Waals surface area contributed by atoms with Crippen molar-refractivity contribution in [2.75, 3.05) is 19.8 Å². The van der Waals surface area contributed by atoms with Crippen LogP contribution in [-0.2, 0) is 4.74 Å². The van der Waals surface area contributed by atoms with Crippen LogP contribution in [0.5, 0.6) is 0 Å². The van der Waals surface area contributed by atoms with Crippen molar-refractivity contribution in [2.24, 2.45) is 0 Å². The van der Waals surface area contributed by atoms with E-state index in [-0.39, 0.29) is 0 Å². The fourth-order valence-corrected chi connectivity index (χ4v) is 3.13. The maximum absolute atomic E-state index is 5.54. The summed E-state index contributed by atoms with van der Waals surface area (Å²) in [5, 5.41) is 4.52. The number of ether oxygens (including phenoxy) is 1. The molecule has 3 heterocycles. The second-order valence-electron chi connectivity index (χ2n) is 4.05. The van der Waals surface area contributed by atoms with E-state index >= 15 is 0 Å². The van der Waals surface area contributed by atoms with Gasteiger partial charge in [0.15, 0.2) is 10.5 Å². The summed E-state index contributed by atoms with van der Waals surface area (Å²) in [7, 11) is 0. The third-order valence-corrected chi connectivity index (χ3v) is 4.01. The monoisotopic (exact) mass is 250 g/mol. The highest BCUT2D eigenvalue weighted by molar-refractivity contribution is 7.18. The van der Waals surface area contributed by atoms with Crippen molar-refractivity contribution in [3.05, 3.63) is 17.4 Å². The molecule has 0 aliphatic carbocycles. The molecule has 0 saturated carbocycles. The minimum Gasteiger partial charge on any atom is -0.379 e. The largest absolute Gasteiger partial charge is 0.379 e. The Balaban J connectivity index is 1.92. The molecule has 0 aromatic carbocycles. The Kier molecular flexibility index (Phi) is 3.00. The average Bonchev–Trinajstić information content (AvgIpc) is 2.94. The zero-order valence-corrected chi connectivity index (χ0v) is 10.4. The molecular weight excluding hydrogens is 236 g/mol. The van der Waals surface area contributed by atoms with E-state index in [0.717, 1.165) is 35.2 Å². The van der Waals surface area contributed by atoms with Gasteiger partial charge in [-0.3, -0.25) is 0 Å². The highest BCUT2D eigenvalue weighted by Gasteiger charge is 2.31. The van der Waals surface area contributed by atoms with Gasteiger partial charge in [-0.1, -0.05) is 18.3 Å². The van der Waals surface area contributed by atoms with E-state index in [1.165, 1.54) is 0 Å². The second kappa shape index (κ2) is 4.64. The van der Waals surface area contributed by atoms with E-state index in [1.54, 1.807) is 23.7 Å². The summed E-state index contributed by atoms with van der Waals surface area (Å²) in [6.07, 6.45) is 3.38. The molecule has 0 radical (unpaired) electrons. The molecular formula is C11H14N4OS. The van der Waals surface area contributed by atoms with Gasteiger partial charge in [0.25, 0.3) is 0 Å². The third-order valence-electron chi connectivity index (χ3n) is 2.93. The first kappa shape index (κ1) is 11.0. The van der Waals surface area contributed by atoms with Crippen molar-refractivity contribution >= 4 is 21.8 Å². The van der Waals surface area contributed by atoms with Crippen molar-refractivity contribution in [3.63, 3.8) is 0 Å². The van der Waals surface area contributed by atoms with Crippen LogP contribution in [0.2, 0.25) is 0 Å². The highest BCUT2D eigenvalue weighted by Crippen LogP contribution is 2.30. The van der Waals surface area contributed by atoms with Gasteiger partial charge >= 0.3 is 0 Å². The number of nitrogens with zero attached hydrogens (tertiary/aromatic N) is 3. The molecule has 1 aliphatic rings. The molecule has 5 nitrogen and oxygen atoms in total. The van der Waals surface area contributed by atoms with Crippen molar-refractivity contribution in [1.82, 2.24) is 20.3 Å². The summed E-state index contributed by atoms with van der Waals surface area (Å²) in [4.78, 5) is 14.0. The third kappa shape index (κ3) is 2.03. The minimum atomic E-state index is 0.330. The standard InChI is InChI=1S/C11H14N4OS/c1-2-12-8-6-16-5-7(8)10-15-9-11(17-10)14-4-3-13-9/h3-4,7-8,12H,2,5-6H2,1H3. The number of hydrogen-bond donors (Lipinski definition) is 1. The van der Waals surface area contributed by atoms with Crippen molar-refractivity contribution in [2.45, 2.75) is 18.9 Å². The van der Waals surface area contributed by atoms with Crippen LogP contribution in [0.25, 0.3) is 10.5 Å². The van der Waals surface area contributed by atoms with E-state index in [0.29, 0.717) is 12.0 Å². The number of hydrogen-bond acceptors (Lipinski definition) is 6. The Morgan fingerprint density at radius 2 is 2.29 bits per heavy atom. The number of rotatable bonds is 3. The van der Waals surface area contributed by atoms with Crippen LogP contribution in [0.3, 0.4) is 0 Å². The molecule has 1 N–H and O–H groups in total. The Morgan fingerprint density at radius 3 is 3.12 bits per heavy atom. The summed E-state index contributed by atoms with van der Waals surface area (Å²) >= 11 is 1.62. The van der Waals surface area contributed by atoms with Gasteiger partial charge in [-0.2, -0.15) is 0 Å². The van der Waals surface area contributed by atoms with Crippen molar-refractivity contribution < 1.29 is 4.74 Å². The van der Waals surface area contributed by atoms with Gasteiger partial charge in [0, 0.05) is 18.4 Å². The Hall–Kier alpha value is -1.11. The predicted octanol–water partition coefficient (Wildman–Crippen LogP) is 1.18. The van der Waals surface area contributed by atoms with E-state index in [2.05, 4.69) is 27.2 Å². The van der Waals surface area contributed by atoms with Gasteiger partial charge in [0.05, 0.1) is 19.1 Å². The number of thiazole rings is 1. The maximum atomic E-state index is 5.54. The molecule has 1 saturated heterocycles. The minimum absolute atomic E-state index is 0.330. The van der Waals surface area contributed by atoms with Crippen LogP contribution in [0.4, 0.5) is 0 Å². The second-order valence-corrected chi connectivity index (χ2v) is 5.05. The highest BCUT2D eigenvalue weighted by atomic mass is 32.1. The maximum Gasteiger partial charge on any atom is 0.189 e. The van der Waals surface area contributed by atoms with Crippen LogP contribution >= 0.6 is 11.3 Å². The number of likely N-dealkylation sites (N-methyl/N-ethyl adjacent to an activating group) is 1. The molecule has 2 atom stereocenters. The zero-order valence-electron chi connectivity index (χ0n) is 9.59. The lowest BCUT2D eigenvalue weighted by Gasteiger charge is -2.15. The van der Waals surface area contributed by atoms with Gasteiger partial charge in [-0.15, -0.1) is 0 Å². The lowest BCUT2D eigenvalue weighted by molar-refractivity contribution is 0.188. The average molecular weight is 250 g/mol. The molecule has 0 bridgehead atoms. The van der Waals surface area contributed by atoms with Gasteiger partial charge in [0.2, 0.25) is 0 Å². The van der Waals surface area contributed by atoms with Crippen LogP contribution < -0.4 is 5.32 Å². The molecule has 2 aromatic rings. The first-order valence-corrected chi connectivity index (χ1v) is 6.58. The molecule has 1 fully saturated rings. The van der Waals surface area contributed by atoms with Gasteiger partial charge in [-0.05, 0) is 6.54 Å². The summed E-state index contributed by atoms with van der Waals surface area (Å²) in [5.41, 5.74) is 0.745. The summed E-state index contributed by atoms with van der Waals surface area (Å²) < 4.78 is 5.54. The van der Waals surface area contributed by atoms with Gasteiger partial charge in [0.1, 0.15) is 5.01 Å². The van der Waals surface area contributed by atoms with E-state index in [1.807, 2.05) is 0 Å². The summed E-state index contributed by atoms with van der Waals surface area (Å²) in [6.45, 7) is 4.55. The topological polar surface area (TPSA) is 59.9 Å². The quantitative estimate of drug-likeness (QED) is 0.886. The molecule has 2 unspecified atom stereocenters. The Bertz CT molecular complexity index is 482. The van der Waals surface area contributed by atoms with Crippen LogP contribution in [-0.4, -0.2) is 40.8 Å². The van der Waals surface area contributed by atoms with Crippen molar-refractivity contribution in [3.8, 4) is 0 Å². The molecule has 2 aromatic heterocycles. The van der Waals surface area contributed by atoms with E-state index < -0.39 is 0 Å². The van der Waals surface area contributed by atoms with Gasteiger partial charge < -0.3 is 10.1 Å². The van der Waals surface area contributed by atoms with Crippen LogP contribution in [0, 0.1) is 0 Å². The lowest BCUT2D eigenvalue weighted by atomic mass is 10.1. The molecule has 0 spiro atoms. The normalized spacial score (nSPS) is 24.5. The Morgan fingerprint density at radius 1 is 1.41 bits per heavy atom. The SMILES string of the molecule is CCNC1COCC1c1nc2nccnc2s1. The number of nitrogens with one attached hydrogen (secondary N) is 1. The molecule has 3 rings (SSSR count). The first-order chi connectivity index (χ1) is 8.38.